The van der Waals surface area contributed by atoms with E-state index in [-0.39, 0.29) is 49.9 Å². The summed E-state index contributed by atoms with van der Waals surface area (Å²) in [6.07, 6.45) is 2.24. The smallest absolute Gasteiger partial charge is 0.255 e. The van der Waals surface area contributed by atoms with Gasteiger partial charge in [0.05, 0.1) is 18.6 Å². The molecule has 0 saturated carbocycles. The molecule has 2 fully saturated rings. The van der Waals surface area contributed by atoms with Gasteiger partial charge in [-0.25, -0.2) is 4.39 Å². The van der Waals surface area contributed by atoms with Crippen molar-refractivity contribution in [2.24, 2.45) is 0 Å². The van der Waals surface area contributed by atoms with Crippen molar-refractivity contribution in [3.8, 4) is 5.75 Å². The highest BCUT2D eigenvalue weighted by Crippen LogP contribution is 2.35. The Bertz CT molecular complexity index is 1780. The molecular weight excluding hydrogens is 681 g/mol. The molecule has 3 atom stereocenters. The van der Waals surface area contributed by atoms with Crippen LogP contribution in [-0.2, 0) is 35.8 Å². The minimum absolute atomic E-state index is 0.124. The summed E-state index contributed by atoms with van der Waals surface area (Å²) in [5, 5.41) is 11.5. The third kappa shape index (κ3) is 9.39. The van der Waals surface area contributed by atoms with Crippen molar-refractivity contribution in [3.05, 3.63) is 101 Å². The molecule has 0 unspecified atom stereocenters. The van der Waals surface area contributed by atoms with Crippen LogP contribution in [0.15, 0.2) is 78.9 Å². The zero-order valence-electron chi connectivity index (χ0n) is 29.6. The van der Waals surface area contributed by atoms with Crippen LogP contribution in [0.3, 0.4) is 0 Å². The van der Waals surface area contributed by atoms with Crippen molar-refractivity contribution in [2.45, 2.75) is 68.5 Å². The van der Waals surface area contributed by atoms with Crippen LogP contribution in [0.2, 0.25) is 0 Å². The quantitative estimate of drug-likeness (QED) is 0.305. The van der Waals surface area contributed by atoms with E-state index in [2.05, 4.69) is 21.3 Å². The number of hydrogen-bond donors (Lipinski definition) is 4. The maximum atomic E-state index is 14.4. The predicted molar refractivity (Wildman–Crippen MR) is 193 cm³/mol. The minimum atomic E-state index is -1.31. The van der Waals surface area contributed by atoms with E-state index in [0.29, 0.717) is 45.3 Å². The minimum Gasteiger partial charge on any atom is -0.493 e. The summed E-state index contributed by atoms with van der Waals surface area (Å²) in [7, 11) is 0. The number of nitrogens with zero attached hydrogens (tertiary/aromatic N) is 1. The zero-order chi connectivity index (χ0) is 37.2. The lowest BCUT2D eigenvalue weighted by molar-refractivity contribution is -0.140. The fourth-order valence-corrected chi connectivity index (χ4v) is 7.30. The lowest BCUT2D eigenvalue weighted by Gasteiger charge is -2.38. The van der Waals surface area contributed by atoms with Gasteiger partial charge in [0.25, 0.3) is 5.91 Å². The first-order valence-corrected chi connectivity index (χ1v) is 18.3. The number of fused-ring (bicyclic) bond motifs is 2. The van der Waals surface area contributed by atoms with Crippen LogP contribution in [0.5, 0.6) is 5.75 Å². The highest BCUT2D eigenvalue weighted by Gasteiger charge is 2.39. The summed E-state index contributed by atoms with van der Waals surface area (Å²) in [4.78, 5) is 70.5. The Morgan fingerprint density at radius 3 is 2.45 bits per heavy atom. The van der Waals surface area contributed by atoms with Crippen molar-refractivity contribution in [2.75, 3.05) is 39.5 Å². The van der Waals surface area contributed by atoms with E-state index in [1.54, 1.807) is 30.3 Å². The Labute approximate surface area is 308 Å². The number of halogens is 1. The second kappa shape index (κ2) is 17.5. The Morgan fingerprint density at radius 1 is 0.887 bits per heavy atom. The molecule has 13 heteroatoms. The topological polar surface area (TPSA) is 155 Å². The van der Waals surface area contributed by atoms with E-state index < -0.39 is 59.4 Å². The van der Waals surface area contributed by atoms with Gasteiger partial charge in [-0.05, 0) is 67.5 Å². The van der Waals surface area contributed by atoms with Gasteiger partial charge in [-0.15, -0.1) is 0 Å². The molecular formula is C40H46FN5O7. The van der Waals surface area contributed by atoms with Crippen LogP contribution in [0, 0.1) is 5.82 Å². The van der Waals surface area contributed by atoms with Crippen molar-refractivity contribution >= 4 is 29.5 Å². The summed E-state index contributed by atoms with van der Waals surface area (Å²) < 4.78 is 25.9. The summed E-state index contributed by atoms with van der Waals surface area (Å²) in [5.74, 6) is -2.65. The van der Waals surface area contributed by atoms with Gasteiger partial charge in [0, 0.05) is 44.7 Å². The summed E-state index contributed by atoms with van der Waals surface area (Å²) in [6.45, 7) is 1.67. The molecule has 6 rings (SSSR count). The third-order valence-corrected chi connectivity index (χ3v) is 10.3. The van der Waals surface area contributed by atoms with Crippen LogP contribution in [0.25, 0.3) is 0 Å². The van der Waals surface area contributed by atoms with Gasteiger partial charge >= 0.3 is 0 Å². The number of para-hydroxylation sites is 1. The number of carbonyl (C=O) groups excluding carboxylic acids is 5. The van der Waals surface area contributed by atoms with E-state index in [9.17, 15) is 28.4 Å². The molecule has 0 aliphatic carbocycles. The van der Waals surface area contributed by atoms with Gasteiger partial charge in [-0.2, -0.15) is 0 Å². The number of hydrogen-bond acceptors (Lipinski definition) is 7. The number of ether oxygens (including phenoxy) is 2. The first-order chi connectivity index (χ1) is 25.7. The van der Waals surface area contributed by atoms with Crippen LogP contribution in [0.1, 0.15) is 60.0 Å². The van der Waals surface area contributed by atoms with Crippen molar-refractivity contribution in [1.29, 1.82) is 0 Å². The summed E-state index contributed by atoms with van der Waals surface area (Å²) >= 11 is 0. The molecule has 2 saturated heterocycles. The number of benzene rings is 3. The van der Waals surface area contributed by atoms with Crippen LogP contribution >= 0.6 is 0 Å². The molecule has 0 aromatic heterocycles. The zero-order valence-corrected chi connectivity index (χ0v) is 29.6. The average molecular weight is 728 g/mol. The highest BCUT2D eigenvalue weighted by atomic mass is 19.1. The lowest BCUT2D eigenvalue weighted by atomic mass is 9.74. The standard InChI is InChI=1S/C40H46FN5O7/c41-29-12-6-11-28(24-29)40(16-21-52-22-17-40)26-43-38(50)32-25-35(47)46-19-7-14-33(46)39(51)45-31(23-27-9-2-1-3-10-27)37(49)42-18-8-20-53-34-15-5-4-13-30(34)36(48)44-32/h1-6,9-13,15,24,31-33H,7-8,14,16-23,25-26H2,(H,42,49)(H,43,50)(H,44,48)(H,45,51)/t31-,32-,33+/m0/s1. The molecule has 3 heterocycles. The van der Waals surface area contributed by atoms with E-state index in [1.165, 1.54) is 17.0 Å². The molecule has 53 heavy (non-hydrogen) atoms. The number of nitrogens with one attached hydrogen (secondary N) is 4. The largest absolute Gasteiger partial charge is 0.493 e. The Kier molecular flexibility index (Phi) is 12.4. The normalized spacial score (nSPS) is 22.8. The second-order valence-electron chi connectivity index (χ2n) is 13.8. The van der Waals surface area contributed by atoms with Gasteiger partial charge in [0.15, 0.2) is 0 Å². The fraction of sp³-hybridized carbons (Fsp3) is 0.425. The molecule has 3 aromatic rings. The number of amides is 5. The molecule has 0 spiro atoms. The molecule has 12 nitrogen and oxygen atoms in total. The third-order valence-electron chi connectivity index (χ3n) is 10.3. The van der Waals surface area contributed by atoms with Gasteiger partial charge in [-0.3, -0.25) is 24.0 Å². The maximum Gasteiger partial charge on any atom is 0.255 e. The Balaban J connectivity index is 1.26. The van der Waals surface area contributed by atoms with Crippen molar-refractivity contribution in [1.82, 2.24) is 26.2 Å². The second-order valence-corrected chi connectivity index (χ2v) is 13.8. The molecule has 5 amide bonds. The molecule has 0 bridgehead atoms. The van der Waals surface area contributed by atoms with Gasteiger partial charge in [-0.1, -0.05) is 54.6 Å². The Morgan fingerprint density at radius 2 is 1.66 bits per heavy atom. The van der Waals surface area contributed by atoms with Crippen molar-refractivity contribution in [3.63, 3.8) is 0 Å². The van der Waals surface area contributed by atoms with Gasteiger partial charge < -0.3 is 35.6 Å². The fourth-order valence-electron chi connectivity index (χ4n) is 7.30. The van der Waals surface area contributed by atoms with Crippen LogP contribution < -0.4 is 26.0 Å². The number of rotatable bonds is 6. The van der Waals surface area contributed by atoms with Crippen molar-refractivity contribution < 1.29 is 37.8 Å². The molecule has 3 aromatic carbocycles. The van der Waals surface area contributed by atoms with Gasteiger partial charge in [0.2, 0.25) is 23.6 Å². The predicted octanol–water partition coefficient (Wildman–Crippen LogP) is 2.80. The SMILES string of the molecule is O=C1N[C@H](C(=O)NCC2(c3cccc(F)c3)CCOCC2)CC(=O)N2CCC[C@@H]2C(=O)N[C@@H](Cc2ccccc2)C(=O)NCCCOc2ccccc21. The summed E-state index contributed by atoms with van der Waals surface area (Å²) in [5.41, 5.74) is 1.13. The molecule has 280 valence electrons. The van der Waals surface area contributed by atoms with E-state index in [1.807, 2.05) is 36.4 Å². The Hall–Kier alpha value is -5.30. The summed E-state index contributed by atoms with van der Waals surface area (Å²) in [6, 6.07) is 19.2. The lowest BCUT2D eigenvalue weighted by Crippen LogP contribution is -2.56. The highest BCUT2D eigenvalue weighted by molar-refractivity contribution is 6.01. The molecule has 3 aliphatic rings. The van der Waals surface area contributed by atoms with Crippen LogP contribution in [-0.4, -0.2) is 92.0 Å². The number of carbonyl (C=O) groups is 5. The first kappa shape index (κ1) is 37.5. The first-order valence-electron chi connectivity index (χ1n) is 18.3. The maximum absolute atomic E-state index is 14.4. The van der Waals surface area contributed by atoms with E-state index >= 15 is 0 Å². The molecule has 0 radical (unpaired) electrons. The van der Waals surface area contributed by atoms with E-state index in [4.69, 9.17) is 9.47 Å². The molecule has 3 aliphatic heterocycles. The van der Waals surface area contributed by atoms with E-state index in [0.717, 1.165) is 11.1 Å². The monoisotopic (exact) mass is 727 g/mol. The van der Waals surface area contributed by atoms with Gasteiger partial charge in [0.1, 0.15) is 29.7 Å². The average Bonchev–Trinajstić information content (AvgIpc) is 3.68. The molecule has 4 N–H and O–H groups in total. The van der Waals surface area contributed by atoms with Crippen LogP contribution in [0.4, 0.5) is 4.39 Å².